The zero-order valence-electron chi connectivity index (χ0n) is 22.7. The van der Waals surface area contributed by atoms with Crippen LogP contribution < -0.4 is 0 Å². The third-order valence-electron chi connectivity index (χ3n) is 9.50. The molecule has 0 radical (unpaired) electrons. The van der Waals surface area contributed by atoms with Gasteiger partial charge in [-0.1, -0.05) is 114 Å². The number of para-hydroxylation sites is 2. The molecular weight excluding hydrogens is 553 g/mol. The van der Waals surface area contributed by atoms with Crippen LogP contribution in [-0.2, 0) is 18.3 Å². The van der Waals surface area contributed by atoms with Crippen LogP contribution in [0.25, 0.3) is 38.6 Å². The lowest BCUT2D eigenvalue weighted by atomic mass is 9.66. The van der Waals surface area contributed by atoms with E-state index >= 15 is 0 Å². The molecule has 2 aliphatic carbocycles. The minimum Gasteiger partial charge on any atom is -0.309 e. The molecule has 0 fully saturated rings. The Labute approximate surface area is 254 Å². The minimum atomic E-state index is -0.517. The Morgan fingerprint density at radius 3 is 1.67 bits per heavy atom. The molecule has 6 aromatic carbocycles. The molecule has 1 heterocycles. The van der Waals surface area contributed by atoms with Gasteiger partial charge in [0.2, 0.25) is 0 Å². The summed E-state index contributed by atoms with van der Waals surface area (Å²) in [6, 6.07) is 46.6. The number of fused-ring (bicyclic) bond motifs is 12. The normalized spacial score (nSPS) is 14.4. The van der Waals surface area contributed by atoms with Gasteiger partial charge in [-0.3, -0.25) is 0 Å². The lowest BCUT2D eigenvalue weighted by Crippen LogP contribution is -2.30. The Morgan fingerprint density at radius 2 is 1.00 bits per heavy atom. The summed E-state index contributed by atoms with van der Waals surface area (Å²) in [4.78, 5) is 0. The average molecular weight is 579 g/mol. The molecule has 0 saturated carbocycles. The van der Waals surface area contributed by atoms with Crippen LogP contribution >= 0.6 is 23.2 Å². The molecule has 2 aliphatic rings. The van der Waals surface area contributed by atoms with Gasteiger partial charge in [-0.15, -0.1) is 0 Å². The number of benzene rings is 6. The van der Waals surface area contributed by atoms with Crippen molar-refractivity contribution in [2.45, 2.75) is 18.3 Å². The molecule has 200 valence electrons. The van der Waals surface area contributed by atoms with Crippen molar-refractivity contribution in [3.05, 3.63) is 171 Å². The first-order chi connectivity index (χ1) is 20.7. The summed E-state index contributed by atoms with van der Waals surface area (Å²) in [5.41, 5.74) is 13.4. The van der Waals surface area contributed by atoms with E-state index in [9.17, 15) is 0 Å². The van der Waals surface area contributed by atoms with E-state index < -0.39 is 5.41 Å². The topological polar surface area (TPSA) is 4.93 Å². The highest BCUT2D eigenvalue weighted by molar-refractivity contribution is 6.42. The van der Waals surface area contributed by atoms with Crippen LogP contribution in [0.4, 0.5) is 0 Å². The van der Waals surface area contributed by atoms with Gasteiger partial charge in [0, 0.05) is 16.5 Å². The lowest BCUT2D eigenvalue weighted by molar-refractivity contribution is 0.761. The van der Waals surface area contributed by atoms with E-state index in [2.05, 4.69) is 132 Å². The largest absolute Gasteiger partial charge is 0.309 e. The molecule has 0 bridgehead atoms. The molecular formula is C39H25Cl2N. The molecule has 1 spiro atoms. The highest BCUT2D eigenvalue weighted by atomic mass is 35.5. The first-order valence-electron chi connectivity index (χ1n) is 14.5. The molecule has 42 heavy (non-hydrogen) atoms. The van der Waals surface area contributed by atoms with Gasteiger partial charge in [0.1, 0.15) is 0 Å². The van der Waals surface area contributed by atoms with Crippen LogP contribution in [0, 0.1) is 0 Å². The monoisotopic (exact) mass is 577 g/mol. The minimum absolute atomic E-state index is 0.517. The zero-order chi connectivity index (χ0) is 28.0. The number of hydrogen-bond donors (Lipinski definition) is 0. The van der Waals surface area contributed by atoms with Crippen molar-refractivity contribution < 1.29 is 0 Å². The Balaban J connectivity index is 1.45. The van der Waals surface area contributed by atoms with Gasteiger partial charge in [0.05, 0.1) is 26.5 Å². The number of rotatable bonds is 1. The predicted octanol–water partition coefficient (Wildman–Crippen LogP) is 10.6. The maximum absolute atomic E-state index is 6.85. The van der Waals surface area contributed by atoms with Crippen LogP contribution in [0.5, 0.6) is 0 Å². The molecule has 1 nitrogen and oxygen atoms in total. The Kier molecular flexibility index (Phi) is 5.12. The van der Waals surface area contributed by atoms with Crippen molar-refractivity contribution in [3.63, 3.8) is 0 Å². The fraction of sp³-hybridized carbons (Fsp3) is 0.0769. The van der Waals surface area contributed by atoms with Crippen molar-refractivity contribution in [3.8, 4) is 16.8 Å². The number of nitrogens with zero attached hydrogens (tertiary/aromatic N) is 1. The van der Waals surface area contributed by atoms with Gasteiger partial charge in [-0.25, -0.2) is 0 Å². The average Bonchev–Trinajstić information content (AvgIpc) is 3.48. The van der Waals surface area contributed by atoms with Gasteiger partial charge in [-0.05, 0) is 93.7 Å². The summed E-state index contributed by atoms with van der Waals surface area (Å²) >= 11 is 13.5. The molecule has 0 N–H and O–H groups in total. The SMILES string of the molecule is Clc1cc2c(cc1Cl)C1(c3cc(-n4c5ccccc5c5ccccc54)ccc3CC2)c2ccccc2-c2ccccc21. The molecule has 0 amide bonds. The quantitative estimate of drug-likeness (QED) is 0.183. The third-order valence-corrected chi connectivity index (χ3v) is 10.2. The molecule has 7 aromatic rings. The molecule has 0 atom stereocenters. The number of aryl methyl sites for hydroxylation is 2. The Morgan fingerprint density at radius 1 is 0.476 bits per heavy atom. The second kappa shape index (κ2) is 8.85. The maximum Gasteiger partial charge on any atom is 0.0720 e. The Hall–Kier alpha value is -4.30. The summed E-state index contributed by atoms with van der Waals surface area (Å²) in [6.07, 6.45) is 1.83. The Bertz CT molecular complexity index is 2140. The zero-order valence-corrected chi connectivity index (χ0v) is 24.3. The first kappa shape index (κ1) is 24.3. The summed E-state index contributed by atoms with van der Waals surface area (Å²) in [5.74, 6) is 0. The summed E-state index contributed by atoms with van der Waals surface area (Å²) < 4.78 is 2.42. The van der Waals surface area contributed by atoms with Crippen LogP contribution in [0.1, 0.15) is 33.4 Å². The van der Waals surface area contributed by atoms with Gasteiger partial charge in [0.15, 0.2) is 0 Å². The van der Waals surface area contributed by atoms with E-state index in [4.69, 9.17) is 23.2 Å². The van der Waals surface area contributed by atoms with Crippen LogP contribution in [0.15, 0.2) is 127 Å². The fourth-order valence-electron chi connectivity index (χ4n) is 7.85. The molecule has 3 heteroatoms. The van der Waals surface area contributed by atoms with Crippen molar-refractivity contribution in [2.75, 3.05) is 0 Å². The van der Waals surface area contributed by atoms with E-state index in [1.807, 2.05) is 0 Å². The van der Waals surface area contributed by atoms with Crippen LogP contribution in [0.2, 0.25) is 10.0 Å². The van der Waals surface area contributed by atoms with E-state index in [-0.39, 0.29) is 0 Å². The van der Waals surface area contributed by atoms with E-state index in [1.165, 1.54) is 66.3 Å². The van der Waals surface area contributed by atoms with Gasteiger partial charge >= 0.3 is 0 Å². The lowest BCUT2D eigenvalue weighted by Gasteiger charge is -2.36. The van der Waals surface area contributed by atoms with Crippen molar-refractivity contribution in [2.24, 2.45) is 0 Å². The van der Waals surface area contributed by atoms with Gasteiger partial charge < -0.3 is 4.57 Å². The highest BCUT2D eigenvalue weighted by Crippen LogP contribution is 2.59. The van der Waals surface area contributed by atoms with Gasteiger partial charge in [-0.2, -0.15) is 0 Å². The summed E-state index contributed by atoms with van der Waals surface area (Å²) in [7, 11) is 0. The second-order valence-electron chi connectivity index (χ2n) is 11.5. The highest BCUT2D eigenvalue weighted by Gasteiger charge is 2.49. The molecule has 1 aromatic heterocycles. The number of hydrogen-bond acceptors (Lipinski definition) is 0. The second-order valence-corrected chi connectivity index (χ2v) is 12.3. The van der Waals surface area contributed by atoms with Crippen molar-refractivity contribution >= 4 is 45.0 Å². The molecule has 0 aliphatic heterocycles. The molecule has 0 saturated heterocycles. The number of aromatic nitrogens is 1. The standard InChI is InChI=1S/C39H25Cl2N/c40-35-21-25-18-17-24-19-20-26(42-37-15-7-3-11-29(37)30-12-4-8-16-38(30)42)22-33(24)39(34(25)23-36(35)41)31-13-5-1-9-27(31)28-10-2-6-14-32(28)39/h1-16,19-23H,17-18H2. The smallest absolute Gasteiger partial charge is 0.0720 e. The third kappa shape index (κ3) is 3.10. The first-order valence-corrected chi connectivity index (χ1v) is 15.2. The maximum atomic E-state index is 6.85. The van der Waals surface area contributed by atoms with E-state index in [1.54, 1.807) is 0 Å². The fourth-order valence-corrected chi connectivity index (χ4v) is 8.20. The van der Waals surface area contributed by atoms with Crippen LogP contribution in [0.3, 0.4) is 0 Å². The van der Waals surface area contributed by atoms with Crippen molar-refractivity contribution in [1.82, 2.24) is 4.57 Å². The van der Waals surface area contributed by atoms with Crippen molar-refractivity contribution in [1.29, 1.82) is 0 Å². The predicted molar refractivity (Wildman–Crippen MR) is 176 cm³/mol. The molecule has 9 rings (SSSR count). The number of halogens is 2. The summed E-state index contributed by atoms with van der Waals surface area (Å²) in [5, 5.41) is 3.74. The van der Waals surface area contributed by atoms with E-state index in [0.29, 0.717) is 10.0 Å². The summed E-state index contributed by atoms with van der Waals surface area (Å²) in [6.45, 7) is 0. The molecule has 0 unspecified atom stereocenters. The van der Waals surface area contributed by atoms with E-state index in [0.717, 1.165) is 18.5 Å². The van der Waals surface area contributed by atoms with Crippen LogP contribution in [-0.4, -0.2) is 4.57 Å². The van der Waals surface area contributed by atoms with Gasteiger partial charge in [0.25, 0.3) is 0 Å².